The van der Waals surface area contributed by atoms with E-state index < -0.39 is 97.0 Å². The number of rotatable bonds is 4. The summed E-state index contributed by atoms with van der Waals surface area (Å²) in [5.74, 6) is -8.54. The summed E-state index contributed by atoms with van der Waals surface area (Å²) in [6, 6.07) is 3.43. The van der Waals surface area contributed by atoms with Gasteiger partial charge in [0, 0.05) is 17.7 Å². The van der Waals surface area contributed by atoms with Crippen LogP contribution < -0.4 is 10.2 Å². The third-order valence-electron chi connectivity index (χ3n) is 6.79. The first kappa shape index (κ1) is 26.2. The molecule has 3 aromatic carbocycles. The number of carboxylic acid groups (broad SMARTS) is 1. The molecular formula is C27H18O13. The Labute approximate surface area is 221 Å². The quantitative estimate of drug-likeness (QED) is 0.0927. The minimum Gasteiger partial charge on any atom is -0.504 e. The number of aromatic hydroxyl groups is 4. The number of phenols is 4. The molecule has 0 saturated carbocycles. The van der Waals surface area contributed by atoms with Crippen LogP contribution in [0.15, 0.2) is 33.5 Å². The van der Waals surface area contributed by atoms with E-state index in [0.29, 0.717) is 0 Å². The zero-order valence-corrected chi connectivity index (χ0v) is 20.6. The van der Waals surface area contributed by atoms with Crippen molar-refractivity contribution in [2.24, 2.45) is 0 Å². The van der Waals surface area contributed by atoms with Crippen LogP contribution in [0.2, 0.25) is 0 Å². The van der Waals surface area contributed by atoms with E-state index >= 15 is 0 Å². The molecule has 1 atom stereocenters. The Bertz CT molecular complexity index is 1930. The van der Waals surface area contributed by atoms with Crippen LogP contribution in [0.3, 0.4) is 0 Å². The molecule has 204 valence electrons. The number of phenolic OH excluding ortho intramolecular Hbond substituents is 3. The van der Waals surface area contributed by atoms with Gasteiger partial charge in [-0.05, 0) is 31.5 Å². The number of Topliss-reactive ketones (excluding diaryl/α,β-unsaturated/α-hetero) is 3. The first-order valence-corrected chi connectivity index (χ1v) is 11.4. The molecule has 0 spiro atoms. The van der Waals surface area contributed by atoms with Crippen LogP contribution in [-0.4, -0.2) is 66.2 Å². The summed E-state index contributed by atoms with van der Waals surface area (Å²) >= 11 is 0. The van der Waals surface area contributed by atoms with Gasteiger partial charge in [-0.15, -0.1) is 0 Å². The van der Waals surface area contributed by atoms with E-state index in [9.17, 15) is 54.6 Å². The second-order valence-corrected chi connectivity index (χ2v) is 9.23. The molecular weight excluding hydrogens is 532 g/mol. The molecule has 0 amide bonds. The predicted octanol–water partition coefficient (Wildman–Crippen LogP) is 2.17. The van der Waals surface area contributed by atoms with Crippen molar-refractivity contribution in [2.45, 2.75) is 19.4 Å². The lowest BCUT2D eigenvalue weighted by atomic mass is 9.81. The summed E-state index contributed by atoms with van der Waals surface area (Å²) in [4.78, 5) is 65.0. The number of hydrogen-bond acceptors (Lipinski definition) is 12. The Hall–Kier alpha value is -5.43. The van der Waals surface area contributed by atoms with E-state index in [0.717, 1.165) is 31.2 Å². The standard InChI is InChI=1S/C27H18O13/c1-8-10(24(34)27(38)7-39-16-5-14(30)13(29)4-11(16)25(27)35)3-12-21(32)19-17(40-23(12)18(8)9(2)28)6-15(31)22(33)20(19)26(36)37/h3-6,29-31,33,38H,7H2,1-2H3,(H,36,37)/t27-/m0/s1. The van der Waals surface area contributed by atoms with Crippen LogP contribution in [0.1, 0.15) is 53.9 Å². The average molecular weight is 550 g/mol. The highest BCUT2D eigenvalue weighted by atomic mass is 16.5. The molecule has 13 nitrogen and oxygen atoms in total. The van der Waals surface area contributed by atoms with Crippen LogP contribution >= 0.6 is 0 Å². The van der Waals surface area contributed by atoms with Crippen LogP contribution in [0.4, 0.5) is 0 Å². The molecule has 2 heterocycles. The molecule has 4 aromatic rings. The lowest BCUT2D eigenvalue weighted by molar-refractivity contribution is 0.00514. The minimum absolute atomic E-state index is 0.102. The first-order valence-electron chi connectivity index (χ1n) is 11.4. The van der Waals surface area contributed by atoms with E-state index in [4.69, 9.17) is 9.15 Å². The van der Waals surface area contributed by atoms with Gasteiger partial charge < -0.3 is 39.8 Å². The third kappa shape index (κ3) is 3.48. The van der Waals surface area contributed by atoms with Crippen molar-refractivity contribution >= 4 is 45.3 Å². The summed E-state index contributed by atoms with van der Waals surface area (Å²) < 4.78 is 11.0. The molecule has 1 aromatic heterocycles. The van der Waals surface area contributed by atoms with Crippen molar-refractivity contribution in [1.29, 1.82) is 0 Å². The van der Waals surface area contributed by atoms with Gasteiger partial charge in [-0.25, -0.2) is 4.79 Å². The van der Waals surface area contributed by atoms with E-state index in [2.05, 4.69) is 0 Å². The lowest BCUT2D eigenvalue weighted by Crippen LogP contribution is -2.54. The van der Waals surface area contributed by atoms with Gasteiger partial charge in [0.15, 0.2) is 28.8 Å². The Morgan fingerprint density at radius 3 is 2.20 bits per heavy atom. The van der Waals surface area contributed by atoms with E-state index in [1.807, 2.05) is 0 Å². The predicted molar refractivity (Wildman–Crippen MR) is 134 cm³/mol. The number of carboxylic acids is 1. The van der Waals surface area contributed by atoms with Gasteiger partial charge in [0.05, 0.1) is 21.9 Å². The third-order valence-corrected chi connectivity index (χ3v) is 6.79. The largest absolute Gasteiger partial charge is 0.504 e. The monoisotopic (exact) mass is 550 g/mol. The number of ketones is 3. The second kappa shape index (κ2) is 8.54. The van der Waals surface area contributed by atoms with Gasteiger partial charge in [0.1, 0.15) is 29.1 Å². The van der Waals surface area contributed by atoms with E-state index in [-0.39, 0.29) is 22.5 Å². The maximum Gasteiger partial charge on any atom is 0.340 e. The van der Waals surface area contributed by atoms with Crippen molar-refractivity contribution < 1.29 is 59.0 Å². The zero-order chi connectivity index (χ0) is 29.4. The highest BCUT2D eigenvalue weighted by Gasteiger charge is 2.50. The Morgan fingerprint density at radius 2 is 1.57 bits per heavy atom. The first-order chi connectivity index (χ1) is 18.7. The molecule has 0 saturated heterocycles. The molecule has 0 aliphatic carbocycles. The topological polar surface area (TPSA) is 229 Å². The number of ether oxygens (including phenoxy) is 1. The molecule has 13 heteroatoms. The van der Waals surface area contributed by atoms with Gasteiger partial charge in [-0.2, -0.15) is 0 Å². The number of carbonyl (C=O) groups excluding carboxylic acids is 3. The average Bonchev–Trinajstić information content (AvgIpc) is 2.88. The summed E-state index contributed by atoms with van der Waals surface area (Å²) in [5, 5.41) is 59.2. The maximum atomic E-state index is 13.7. The molecule has 40 heavy (non-hydrogen) atoms. The molecule has 5 rings (SSSR count). The molecule has 0 unspecified atom stereocenters. The van der Waals surface area contributed by atoms with E-state index in [1.165, 1.54) is 6.92 Å². The molecule has 6 N–H and O–H groups in total. The maximum absolute atomic E-state index is 13.7. The normalized spacial score (nSPS) is 16.5. The fourth-order valence-electron chi connectivity index (χ4n) is 4.80. The number of carbonyl (C=O) groups is 4. The minimum atomic E-state index is -2.89. The van der Waals surface area contributed by atoms with Crippen molar-refractivity contribution in [3.05, 3.63) is 62.3 Å². The van der Waals surface area contributed by atoms with Gasteiger partial charge in [0.25, 0.3) is 0 Å². The summed E-state index contributed by atoms with van der Waals surface area (Å²) in [6.45, 7) is 1.46. The number of benzene rings is 3. The zero-order valence-electron chi connectivity index (χ0n) is 20.6. The highest BCUT2D eigenvalue weighted by molar-refractivity contribution is 6.26. The van der Waals surface area contributed by atoms with Crippen LogP contribution in [0.5, 0.6) is 28.7 Å². The molecule has 1 aliphatic rings. The Kier molecular flexibility index (Phi) is 5.59. The number of aromatic carboxylic acids is 1. The Balaban J connectivity index is 1.81. The fraction of sp³-hybridized carbons (Fsp3) is 0.148. The number of fused-ring (bicyclic) bond motifs is 3. The highest BCUT2D eigenvalue weighted by Crippen LogP contribution is 2.40. The van der Waals surface area contributed by atoms with Gasteiger partial charge >= 0.3 is 5.97 Å². The molecule has 0 radical (unpaired) electrons. The van der Waals surface area contributed by atoms with Crippen molar-refractivity contribution in [3.8, 4) is 28.7 Å². The van der Waals surface area contributed by atoms with Gasteiger partial charge in [-0.3, -0.25) is 19.2 Å². The number of aliphatic hydroxyl groups is 1. The van der Waals surface area contributed by atoms with Crippen LogP contribution in [0.25, 0.3) is 21.9 Å². The van der Waals surface area contributed by atoms with Gasteiger partial charge in [0.2, 0.25) is 22.6 Å². The summed E-state index contributed by atoms with van der Waals surface area (Å²) in [7, 11) is 0. The lowest BCUT2D eigenvalue weighted by Gasteiger charge is -2.31. The Morgan fingerprint density at radius 1 is 0.925 bits per heavy atom. The molecule has 0 fully saturated rings. The SMILES string of the molecule is CC(=O)c1c(C)c(C(=O)[C@@]2(O)COc3cc(O)c(O)cc3C2=O)cc2c(=O)c3c(C(=O)O)c(O)c(O)cc3oc12. The number of hydrogen-bond donors (Lipinski definition) is 6. The van der Waals surface area contributed by atoms with Crippen molar-refractivity contribution in [3.63, 3.8) is 0 Å². The van der Waals surface area contributed by atoms with Crippen molar-refractivity contribution in [2.75, 3.05) is 6.61 Å². The fourth-order valence-corrected chi connectivity index (χ4v) is 4.80. The van der Waals surface area contributed by atoms with Crippen molar-refractivity contribution in [1.82, 2.24) is 0 Å². The second-order valence-electron chi connectivity index (χ2n) is 9.23. The molecule has 0 bridgehead atoms. The smallest absolute Gasteiger partial charge is 0.340 e. The van der Waals surface area contributed by atoms with Gasteiger partial charge in [-0.1, -0.05) is 0 Å². The summed E-state index contributed by atoms with van der Waals surface area (Å²) in [6.07, 6.45) is 0. The van der Waals surface area contributed by atoms with Crippen LogP contribution in [-0.2, 0) is 0 Å². The summed E-state index contributed by atoms with van der Waals surface area (Å²) in [5.41, 5.74) is -7.12. The van der Waals surface area contributed by atoms with E-state index in [1.54, 1.807) is 0 Å². The van der Waals surface area contributed by atoms with Crippen LogP contribution in [0, 0.1) is 6.92 Å². The molecule has 1 aliphatic heterocycles.